The van der Waals surface area contributed by atoms with Gasteiger partial charge in [0.25, 0.3) is 0 Å². The number of rotatable bonds is 10. The summed E-state index contributed by atoms with van der Waals surface area (Å²) >= 11 is 0. The predicted octanol–water partition coefficient (Wildman–Crippen LogP) is 4.29. The molecule has 0 saturated heterocycles. The number of carbonyl (C=O) groups excluding carboxylic acids is 2. The van der Waals surface area contributed by atoms with Crippen molar-refractivity contribution in [1.82, 2.24) is 10.2 Å². The Labute approximate surface area is 228 Å². The van der Waals surface area contributed by atoms with E-state index in [2.05, 4.69) is 5.32 Å². The molecule has 1 atom stereocenters. The first-order valence-electron chi connectivity index (χ1n) is 12.4. The summed E-state index contributed by atoms with van der Waals surface area (Å²) in [5.41, 5.74) is 0.694. The summed E-state index contributed by atoms with van der Waals surface area (Å²) in [6.45, 7) is 4.68. The fraction of sp³-hybridized carbons (Fsp3) is 0.310. The van der Waals surface area contributed by atoms with Crippen molar-refractivity contribution >= 4 is 27.5 Å². The fourth-order valence-electron chi connectivity index (χ4n) is 4.04. The van der Waals surface area contributed by atoms with E-state index in [-0.39, 0.29) is 18.7 Å². The molecule has 0 aliphatic carbocycles. The number of hydrogen-bond acceptors (Lipinski definition) is 4. The van der Waals surface area contributed by atoms with Gasteiger partial charge >= 0.3 is 0 Å². The van der Waals surface area contributed by atoms with Gasteiger partial charge in [0.05, 0.1) is 11.9 Å². The highest BCUT2D eigenvalue weighted by molar-refractivity contribution is 7.92. The average Bonchev–Trinajstić information content (AvgIpc) is 2.84. The molecule has 0 aliphatic rings. The van der Waals surface area contributed by atoms with E-state index >= 15 is 0 Å². The lowest BCUT2D eigenvalue weighted by atomic mass is 10.0. The van der Waals surface area contributed by atoms with E-state index < -0.39 is 51.6 Å². The van der Waals surface area contributed by atoms with Crippen molar-refractivity contribution in [2.24, 2.45) is 0 Å². The molecule has 0 saturated carbocycles. The highest BCUT2D eigenvalue weighted by Gasteiger charge is 2.34. The minimum absolute atomic E-state index is 0.0219. The Kier molecular flexibility index (Phi) is 9.45. The Balaban J connectivity index is 2.07. The van der Waals surface area contributed by atoms with E-state index in [1.807, 2.05) is 51.1 Å². The van der Waals surface area contributed by atoms with Gasteiger partial charge in [-0.05, 0) is 62.2 Å². The molecule has 0 aromatic heterocycles. The van der Waals surface area contributed by atoms with Crippen molar-refractivity contribution in [3.8, 4) is 0 Å². The van der Waals surface area contributed by atoms with Crippen molar-refractivity contribution in [3.63, 3.8) is 0 Å². The van der Waals surface area contributed by atoms with Gasteiger partial charge in [0.1, 0.15) is 24.2 Å². The maximum atomic E-state index is 14.0. The number of sulfonamides is 1. The van der Waals surface area contributed by atoms with Crippen LogP contribution in [0.1, 0.15) is 31.9 Å². The number of halogens is 2. The summed E-state index contributed by atoms with van der Waals surface area (Å²) in [5.74, 6) is -2.24. The van der Waals surface area contributed by atoms with Gasteiger partial charge in [0, 0.05) is 18.5 Å². The zero-order chi connectivity index (χ0) is 28.8. The molecule has 0 spiro atoms. The maximum absolute atomic E-state index is 14.0. The summed E-state index contributed by atoms with van der Waals surface area (Å²) < 4.78 is 53.8. The van der Waals surface area contributed by atoms with Gasteiger partial charge in [-0.15, -0.1) is 0 Å². The number of nitrogens with one attached hydrogen (secondary N) is 1. The SMILES string of the molecule is CC(C)(C)NC(=O)[C@H](Cc1ccccc1)N(Cc1ccc(F)cc1)C(=O)CN(c1cccc(F)c1)S(C)(=O)=O. The molecule has 2 amide bonds. The lowest BCUT2D eigenvalue weighted by molar-refractivity contribution is -0.140. The van der Waals surface area contributed by atoms with Crippen molar-refractivity contribution in [1.29, 1.82) is 0 Å². The van der Waals surface area contributed by atoms with Crippen molar-refractivity contribution in [2.45, 2.75) is 45.3 Å². The fourth-order valence-corrected chi connectivity index (χ4v) is 4.88. The third kappa shape index (κ3) is 8.88. The number of carbonyl (C=O) groups is 2. The van der Waals surface area contributed by atoms with Crippen LogP contribution in [0.25, 0.3) is 0 Å². The van der Waals surface area contributed by atoms with E-state index in [9.17, 15) is 26.8 Å². The van der Waals surface area contributed by atoms with E-state index in [0.29, 0.717) is 5.56 Å². The molecule has 0 bridgehead atoms. The van der Waals surface area contributed by atoms with E-state index in [1.165, 1.54) is 47.4 Å². The zero-order valence-corrected chi connectivity index (χ0v) is 23.2. The topological polar surface area (TPSA) is 86.8 Å². The van der Waals surface area contributed by atoms with Crippen LogP contribution in [0.5, 0.6) is 0 Å². The molecule has 10 heteroatoms. The van der Waals surface area contributed by atoms with Crippen LogP contribution in [0.15, 0.2) is 78.9 Å². The second-order valence-corrected chi connectivity index (χ2v) is 12.2. The molecule has 3 rings (SSSR count). The molecule has 0 fully saturated rings. The molecule has 3 aromatic carbocycles. The van der Waals surface area contributed by atoms with Crippen LogP contribution in [0, 0.1) is 11.6 Å². The molecule has 0 aliphatic heterocycles. The van der Waals surface area contributed by atoms with Crippen molar-refractivity contribution in [3.05, 3.63) is 102 Å². The second kappa shape index (κ2) is 12.4. The van der Waals surface area contributed by atoms with Gasteiger partial charge in [-0.2, -0.15) is 0 Å². The molecule has 1 N–H and O–H groups in total. The summed E-state index contributed by atoms with van der Waals surface area (Å²) in [4.78, 5) is 28.8. The van der Waals surface area contributed by atoms with Crippen LogP contribution in [0.3, 0.4) is 0 Å². The van der Waals surface area contributed by atoms with Crippen LogP contribution < -0.4 is 9.62 Å². The molecular formula is C29H33F2N3O4S. The lowest BCUT2D eigenvalue weighted by Crippen LogP contribution is -2.56. The van der Waals surface area contributed by atoms with Crippen LogP contribution in [0.2, 0.25) is 0 Å². The van der Waals surface area contributed by atoms with E-state index in [1.54, 1.807) is 0 Å². The third-order valence-corrected chi connectivity index (χ3v) is 6.95. The predicted molar refractivity (Wildman–Crippen MR) is 147 cm³/mol. The van der Waals surface area contributed by atoms with Gasteiger partial charge in [-0.3, -0.25) is 13.9 Å². The van der Waals surface area contributed by atoms with Gasteiger partial charge in [0.2, 0.25) is 21.8 Å². The maximum Gasteiger partial charge on any atom is 0.244 e. The van der Waals surface area contributed by atoms with Crippen molar-refractivity contribution in [2.75, 3.05) is 17.1 Å². The van der Waals surface area contributed by atoms with E-state index in [4.69, 9.17) is 0 Å². The van der Waals surface area contributed by atoms with E-state index in [0.717, 1.165) is 22.2 Å². The van der Waals surface area contributed by atoms with Gasteiger partial charge in [-0.1, -0.05) is 48.5 Å². The van der Waals surface area contributed by atoms with Gasteiger partial charge in [-0.25, -0.2) is 17.2 Å². The monoisotopic (exact) mass is 557 g/mol. The molecular weight excluding hydrogens is 524 g/mol. The zero-order valence-electron chi connectivity index (χ0n) is 22.4. The first-order valence-corrected chi connectivity index (χ1v) is 14.2. The van der Waals surface area contributed by atoms with Gasteiger partial charge < -0.3 is 10.2 Å². The third-order valence-electron chi connectivity index (χ3n) is 5.81. The summed E-state index contributed by atoms with van der Waals surface area (Å²) in [6.07, 6.45) is 1.07. The Hall–Kier alpha value is -3.79. The standard InChI is InChI=1S/C29H33F2N3O4S/c1-29(2,3)32-28(36)26(17-21-9-6-5-7-10-21)33(19-22-13-15-23(30)16-14-22)27(35)20-34(39(4,37)38)25-12-8-11-24(31)18-25/h5-16,18,26H,17,19-20H2,1-4H3,(H,32,36)/t26-/m0/s1. The lowest BCUT2D eigenvalue weighted by Gasteiger charge is -2.35. The second-order valence-electron chi connectivity index (χ2n) is 10.3. The Morgan fingerprint density at radius 1 is 0.872 bits per heavy atom. The smallest absolute Gasteiger partial charge is 0.244 e. The number of benzene rings is 3. The quantitative estimate of drug-likeness (QED) is 0.403. The molecule has 0 unspecified atom stereocenters. The van der Waals surface area contributed by atoms with Crippen LogP contribution >= 0.6 is 0 Å². The summed E-state index contributed by atoms with van der Waals surface area (Å²) in [7, 11) is -4.01. The number of nitrogens with zero attached hydrogens (tertiary/aromatic N) is 2. The van der Waals surface area contributed by atoms with Crippen molar-refractivity contribution < 1.29 is 26.8 Å². The number of anilines is 1. The van der Waals surface area contributed by atoms with Gasteiger partial charge in [0.15, 0.2) is 0 Å². The summed E-state index contributed by atoms with van der Waals surface area (Å²) in [6, 6.07) is 18.5. The molecule has 3 aromatic rings. The normalized spacial score (nSPS) is 12.5. The Morgan fingerprint density at radius 3 is 2.08 bits per heavy atom. The summed E-state index contributed by atoms with van der Waals surface area (Å²) in [5, 5.41) is 2.92. The first-order chi connectivity index (χ1) is 18.2. The highest BCUT2D eigenvalue weighted by Crippen LogP contribution is 2.21. The molecule has 7 nitrogen and oxygen atoms in total. The minimum Gasteiger partial charge on any atom is -0.350 e. The largest absolute Gasteiger partial charge is 0.350 e. The average molecular weight is 558 g/mol. The minimum atomic E-state index is -4.01. The number of hydrogen-bond donors (Lipinski definition) is 1. The van der Waals surface area contributed by atoms with Crippen LogP contribution in [-0.2, 0) is 32.6 Å². The Bertz CT molecular complexity index is 1390. The Morgan fingerprint density at radius 2 is 1.51 bits per heavy atom. The molecule has 0 radical (unpaired) electrons. The highest BCUT2D eigenvalue weighted by atomic mass is 32.2. The molecule has 0 heterocycles. The number of amides is 2. The molecule has 39 heavy (non-hydrogen) atoms. The molecule has 208 valence electrons. The van der Waals surface area contributed by atoms with Crippen LogP contribution in [0.4, 0.5) is 14.5 Å². The van der Waals surface area contributed by atoms with Crippen LogP contribution in [-0.4, -0.2) is 49.5 Å². The first kappa shape index (κ1) is 29.8.